The second-order valence-corrected chi connectivity index (χ2v) is 3.36. The number of amides is 1. The Morgan fingerprint density at radius 1 is 1.75 bits per heavy atom. The summed E-state index contributed by atoms with van der Waals surface area (Å²) in [5.74, 6) is 0.272. The maximum absolute atomic E-state index is 11.1. The van der Waals surface area contributed by atoms with Crippen molar-refractivity contribution in [1.82, 2.24) is 5.32 Å². The molecule has 0 rings (SSSR count). The van der Waals surface area contributed by atoms with Crippen LogP contribution in [0, 0.1) is 17.2 Å². The van der Waals surface area contributed by atoms with E-state index in [1.54, 1.807) is 11.8 Å². The number of hydrogen-bond donors (Lipinski definition) is 1. The van der Waals surface area contributed by atoms with Gasteiger partial charge in [0.25, 0.3) is 0 Å². The lowest BCUT2D eigenvalue weighted by Gasteiger charge is -2.06. The van der Waals surface area contributed by atoms with Crippen LogP contribution in [-0.4, -0.2) is 24.5 Å². The van der Waals surface area contributed by atoms with E-state index in [0.717, 1.165) is 5.75 Å². The average Bonchev–Trinajstić information content (AvgIpc) is 2.07. The molecule has 0 aliphatic rings. The molecule has 12 heavy (non-hydrogen) atoms. The van der Waals surface area contributed by atoms with Gasteiger partial charge in [0, 0.05) is 12.3 Å². The minimum atomic E-state index is -0.480. The van der Waals surface area contributed by atoms with E-state index in [1.165, 1.54) is 0 Å². The van der Waals surface area contributed by atoms with E-state index < -0.39 is 5.92 Å². The van der Waals surface area contributed by atoms with E-state index in [9.17, 15) is 4.79 Å². The van der Waals surface area contributed by atoms with Crippen LogP contribution in [0.5, 0.6) is 0 Å². The van der Waals surface area contributed by atoms with Crippen LogP contribution >= 0.6 is 11.8 Å². The highest BCUT2D eigenvalue weighted by molar-refractivity contribution is 7.98. The lowest BCUT2D eigenvalue weighted by atomic mass is 10.1. The zero-order valence-electron chi connectivity index (χ0n) is 7.46. The van der Waals surface area contributed by atoms with Gasteiger partial charge in [0.05, 0.1) is 6.07 Å². The first-order valence-electron chi connectivity index (χ1n) is 3.92. The average molecular weight is 186 g/mol. The van der Waals surface area contributed by atoms with Crippen molar-refractivity contribution in [2.24, 2.45) is 5.92 Å². The fraction of sp³-hybridized carbons (Fsp3) is 0.750. The predicted molar refractivity (Wildman–Crippen MR) is 50.8 cm³/mol. The number of nitriles is 1. The van der Waals surface area contributed by atoms with Crippen molar-refractivity contribution in [2.45, 2.75) is 13.3 Å². The molecule has 0 spiro atoms. The molecule has 1 atom stereocenters. The molecule has 1 N–H and O–H groups in total. The third-order valence-corrected chi connectivity index (χ3v) is 2.10. The van der Waals surface area contributed by atoms with E-state index in [1.807, 2.05) is 19.2 Å². The fourth-order valence-corrected chi connectivity index (χ4v) is 1.04. The van der Waals surface area contributed by atoms with Gasteiger partial charge >= 0.3 is 0 Å². The monoisotopic (exact) mass is 186 g/mol. The van der Waals surface area contributed by atoms with Crippen LogP contribution in [0.15, 0.2) is 0 Å². The topological polar surface area (TPSA) is 52.9 Å². The largest absolute Gasteiger partial charge is 0.354 e. The van der Waals surface area contributed by atoms with Gasteiger partial charge in [-0.2, -0.15) is 17.0 Å². The maximum atomic E-state index is 11.1. The Hall–Kier alpha value is -0.690. The molecular formula is C8H14N2OS. The second kappa shape index (κ2) is 6.99. The van der Waals surface area contributed by atoms with Crippen molar-refractivity contribution in [3.63, 3.8) is 0 Å². The summed E-state index contributed by atoms with van der Waals surface area (Å²) >= 11 is 1.67. The molecule has 0 heterocycles. The highest BCUT2D eigenvalue weighted by Gasteiger charge is 2.13. The molecule has 68 valence electrons. The second-order valence-electron chi connectivity index (χ2n) is 2.37. The summed E-state index contributed by atoms with van der Waals surface area (Å²) in [6, 6.07) is 1.96. The Bertz CT molecular complexity index is 176. The molecule has 0 aromatic heterocycles. The number of rotatable bonds is 5. The third-order valence-electron chi connectivity index (χ3n) is 1.49. The maximum Gasteiger partial charge on any atom is 0.237 e. The molecular weight excluding hydrogens is 172 g/mol. The summed E-state index contributed by atoms with van der Waals surface area (Å²) in [6.45, 7) is 2.49. The summed E-state index contributed by atoms with van der Waals surface area (Å²) in [7, 11) is 0. The van der Waals surface area contributed by atoms with Crippen molar-refractivity contribution in [3.05, 3.63) is 0 Å². The van der Waals surface area contributed by atoms with Crippen LogP contribution in [0.3, 0.4) is 0 Å². The van der Waals surface area contributed by atoms with Gasteiger partial charge in [0.15, 0.2) is 0 Å². The first-order valence-corrected chi connectivity index (χ1v) is 5.31. The SMILES string of the molecule is CCC(C#N)C(=O)NCCSC. The minimum absolute atomic E-state index is 0.144. The predicted octanol–water partition coefficient (Wildman–Crippen LogP) is 1.02. The first kappa shape index (κ1) is 11.3. The number of hydrogen-bond acceptors (Lipinski definition) is 3. The number of carbonyl (C=O) groups is 1. The summed E-state index contributed by atoms with van der Waals surface area (Å²) in [4.78, 5) is 11.1. The molecule has 0 fully saturated rings. The van der Waals surface area contributed by atoms with Gasteiger partial charge in [0.2, 0.25) is 5.91 Å². The molecule has 3 nitrogen and oxygen atoms in total. The van der Waals surface area contributed by atoms with Crippen LogP contribution < -0.4 is 5.32 Å². The number of nitrogens with one attached hydrogen (secondary N) is 1. The molecule has 4 heteroatoms. The fourth-order valence-electron chi connectivity index (χ4n) is 0.735. The van der Waals surface area contributed by atoms with Crippen molar-refractivity contribution in [1.29, 1.82) is 5.26 Å². The quantitative estimate of drug-likeness (QED) is 0.652. The van der Waals surface area contributed by atoms with E-state index >= 15 is 0 Å². The number of thioether (sulfide) groups is 1. The van der Waals surface area contributed by atoms with E-state index in [4.69, 9.17) is 5.26 Å². The lowest BCUT2D eigenvalue weighted by molar-refractivity contribution is -0.123. The normalized spacial score (nSPS) is 11.8. The van der Waals surface area contributed by atoms with Crippen LogP contribution in [-0.2, 0) is 4.79 Å². The molecule has 1 unspecified atom stereocenters. The van der Waals surface area contributed by atoms with E-state index in [0.29, 0.717) is 13.0 Å². The Morgan fingerprint density at radius 3 is 2.83 bits per heavy atom. The van der Waals surface area contributed by atoms with Gasteiger partial charge in [-0.1, -0.05) is 6.92 Å². The third kappa shape index (κ3) is 4.24. The lowest BCUT2D eigenvalue weighted by Crippen LogP contribution is -2.31. The Kier molecular flexibility index (Phi) is 6.58. The van der Waals surface area contributed by atoms with Crippen molar-refractivity contribution in [2.75, 3.05) is 18.6 Å². The van der Waals surface area contributed by atoms with Crippen LogP contribution in [0.1, 0.15) is 13.3 Å². The van der Waals surface area contributed by atoms with Crippen LogP contribution in [0.4, 0.5) is 0 Å². The van der Waals surface area contributed by atoms with Crippen molar-refractivity contribution >= 4 is 17.7 Å². The summed E-state index contributed by atoms with van der Waals surface area (Å²) in [6.07, 6.45) is 2.56. The van der Waals surface area contributed by atoms with Gasteiger partial charge in [-0.3, -0.25) is 4.79 Å². The smallest absolute Gasteiger partial charge is 0.237 e. The molecule has 0 saturated carbocycles. The summed E-state index contributed by atoms with van der Waals surface area (Å²) in [5, 5.41) is 11.2. The number of nitrogens with zero attached hydrogens (tertiary/aromatic N) is 1. The molecule has 1 amide bonds. The Balaban J connectivity index is 3.64. The van der Waals surface area contributed by atoms with Gasteiger partial charge in [-0.25, -0.2) is 0 Å². The van der Waals surface area contributed by atoms with E-state index in [2.05, 4.69) is 5.32 Å². The highest BCUT2D eigenvalue weighted by Crippen LogP contribution is 1.99. The van der Waals surface area contributed by atoms with Gasteiger partial charge in [0.1, 0.15) is 5.92 Å². The first-order chi connectivity index (χ1) is 5.76. The Morgan fingerprint density at radius 2 is 2.42 bits per heavy atom. The molecule has 0 aromatic rings. The standard InChI is InChI=1S/C8H14N2OS/c1-3-7(6-9)8(11)10-4-5-12-2/h7H,3-5H2,1-2H3,(H,10,11). The minimum Gasteiger partial charge on any atom is -0.354 e. The molecule has 0 radical (unpaired) electrons. The molecule has 0 aliphatic heterocycles. The zero-order chi connectivity index (χ0) is 9.40. The summed E-state index contributed by atoms with van der Waals surface area (Å²) < 4.78 is 0. The van der Waals surface area contributed by atoms with Crippen LogP contribution in [0.2, 0.25) is 0 Å². The van der Waals surface area contributed by atoms with Crippen molar-refractivity contribution in [3.8, 4) is 6.07 Å². The zero-order valence-corrected chi connectivity index (χ0v) is 8.28. The highest BCUT2D eigenvalue weighted by atomic mass is 32.2. The Labute approximate surface area is 77.5 Å². The van der Waals surface area contributed by atoms with Crippen LogP contribution in [0.25, 0.3) is 0 Å². The van der Waals surface area contributed by atoms with Gasteiger partial charge in [-0.05, 0) is 12.7 Å². The van der Waals surface area contributed by atoms with Gasteiger partial charge in [-0.15, -0.1) is 0 Å². The van der Waals surface area contributed by atoms with E-state index in [-0.39, 0.29) is 5.91 Å². The van der Waals surface area contributed by atoms with Gasteiger partial charge < -0.3 is 5.32 Å². The molecule has 0 saturated heterocycles. The van der Waals surface area contributed by atoms with Crippen molar-refractivity contribution < 1.29 is 4.79 Å². The molecule has 0 aromatic carbocycles. The molecule has 0 bridgehead atoms. The number of carbonyl (C=O) groups excluding carboxylic acids is 1. The summed E-state index contributed by atoms with van der Waals surface area (Å²) in [5.41, 5.74) is 0. The molecule has 0 aliphatic carbocycles.